The van der Waals surface area contributed by atoms with Crippen LogP contribution in [-0.2, 0) is 43.2 Å². The van der Waals surface area contributed by atoms with E-state index in [1.54, 1.807) is 68.1 Å². The monoisotopic (exact) mass is 797 g/mol. The number of methoxy groups -OCH3 is 2. The maximum absolute atomic E-state index is 14.2. The van der Waals surface area contributed by atoms with Crippen molar-refractivity contribution in [1.29, 1.82) is 0 Å². The van der Waals surface area contributed by atoms with Crippen molar-refractivity contribution in [2.24, 2.45) is 23.7 Å². The predicted molar refractivity (Wildman–Crippen MR) is 210 cm³/mol. The van der Waals surface area contributed by atoms with Crippen LogP contribution < -0.4 is 16.0 Å². The van der Waals surface area contributed by atoms with Crippen LogP contribution in [0.2, 0.25) is 0 Å². The molecule has 0 bridgehead atoms. The summed E-state index contributed by atoms with van der Waals surface area (Å²) in [6, 6.07) is 5.28. The van der Waals surface area contributed by atoms with Gasteiger partial charge in [0.2, 0.25) is 23.6 Å². The van der Waals surface area contributed by atoms with Crippen molar-refractivity contribution in [1.82, 2.24) is 25.8 Å². The quantitative estimate of drug-likeness (QED) is 0.126. The number of rotatable bonds is 22. The highest BCUT2D eigenvalue weighted by atomic mass is 32.3. The molecule has 2 rings (SSSR count). The van der Waals surface area contributed by atoms with E-state index in [1.807, 2.05) is 41.5 Å². The zero-order valence-electron chi connectivity index (χ0n) is 34.8. The van der Waals surface area contributed by atoms with Gasteiger partial charge in [-0.1, -0.05) is 85.2 Å². The SMILES string of the molecule is CC[C@H](C)[C@@H]([C@@H](CC(=O)N1CCC[C@H]1[C@H](OC)[C@@H](C)C(=O)N[C@H](C)[C@@H](OS(=O)(=O)O)c1ccccc1)OC)N(C)C(=O)[C@@H](NC(=O)[C@@H](NC)C(C)C)C(C)C. The Hall–Kier alpha value is -3.15. The lowest BCUT2D eigenvalue weighted by atomic mass is 9.89. The Labute approximate surface area is 328 Å². The van der Waals surface area contributed by atoms with Gasteiger partial charge in [-0.3, -0.25) is 23.7 Å². The zero-order chi connectivity index (χ0) is 41.8. The molecule has 0 unspecified atom stereocenters. The lowest BCUT2D eigenvalue weighted by Gasteiger charge is -2.41. The molecule has 0 aromatic heterocycles. The van der Waals surface area contributed by atoms with Gasteiger partial charge in [-0.05, 0) is 50.1 Å². The van der Waals surface area contributed by atoms with Gasteiger partial charge < -0.3 is 35.2 Å². The van der Waals surface area contributed by atoms with Crippen LogP contribution in [0.15, 0.2) is 30.3 Å². The molecule has 314 valence electrons. The number of likely N-dealkylation sites (N-methyl/N-ethyl adjacent to an activating group) is 2. The highest BCUT2D eigenvalue weighted by Crippen LogP contribution is 2.30. The first-order valence-corrected chi connectivity index (χ1v) is 20.7. The molecule has 10 atom stereocenters. The van der Waals surface area contributed by atoms with Crippen molar-refractivity contribution in [2.75, 3.05) is 34.9 Å². The molecule has 16 heteroatoms. The van der Waals surface area contributed by atoms with Crippen molar-refractivity contribution < 1.29 is 45.8 Å². The number of hydrogen-bond donors (Lipinski definition) is 4. The second-order valence-corrected chi connectivity index (χ2v) is 16.5. The average Bonchev–Trinajstić information content (AvgIpc) is 3.61. The lowest BCUT2D eigenvalue weighted by Crippen LogP contribution is -2.59. The van der Waals surface area contributed by atoms with Crippen LogP contribution in [-0.4, -0.2) is 124 Å². The summed E-state index contributed by atoms with van der Waals surface area (Å²) in [5, 5.41) is 8.81. The van der Waals surface area contributed by atoms with Gasteiger partial charge in [-0.2, -0.15) is 8.42 Å². The first-order chi connectivity index (χ1) is 25.7. The Morgan fingerprint density at radius 1 is 0.927 bits per heavy atom. The normalized spacial score (nSPS) is 19.8. The fourth-order valence-corrected chi connectivity index (χ4v) is 8.22. The molecule has 0 radical (unpaired) electrons. The van der Waals surface area contributed by atoms with Crippen LogP contribution in [0.25, 0.3) is 0 Å². The van der Waals surface area contributed by atoms with E-state index in [4.69, 9.17) is 13.7 Å². The van der Waals surface area contributed by atoms with Crippen LogP contribution in [0.5, 0.6) is 0 Å². The molecule has 55 heavy (non-hydrogen) atoms. The minimum Gasteiger partial charge on any atom is -0.379 e. The molecule has 1 saturated heterocycles. The Bertz CT molecular complexity index is 1500. The Balaban J connectivity index is 2.29. The van der Waals surface area contributed by atoms with E-state index in [2.05, 4.69) is 16.0 Å². The van der Waals surface area contributed by atoms with Crippen LogP contribution in [0.1, 0.15) is 92.7 Å². The number of hydrogen-bond acceptors (Lipinski definition) is 10. The Morgan fingerprint density at radius 2 is 1.53 bits per heavy atom. The molecule has 0 saturated carbocycles. The number of nitrogens with one attached hydrogen (secondary N) is 3. The highest BCUT2D eigenvalue weighted by Gasteiger charge is 2.43. The van der Waals surface area contributed by atoms with E-state index in [-0.39, 0.29) is 41.9 Å². The van der Waals surface area contributed by atoms with E-state index < -0.39 is 70.7 Å². The van der Waals surface area contributed by atoms with Crippen LogP contribution >= 0.6 is 0 Å². The van der Waals surface area contributed by atoms with Gasteiger partial charge in [0.25, 0.3) is 0 Å². The van der Waals surface area contributed by atoms with Gasteiger partial charge in [0, 0.05) is 27.8 Å². The highest BCUT2D eigenvalue weighted by molar-refractivity contribution is 7.80. The third-order valence-electron chi connectivity index (χ3n) is 10.9. The number of likely N-dealkylation sites (tertiary alicyclic amines) is 1. The van der Waals surface area contributed by atoms with Gasteiger partial charge in [0.15, 0.2) is 0 Å². The molecule has 1 aliphatic heterocycles. The van der Waals surface area contributed by atoms with Gasteiger partial charge in [-0.25, -0.2) is 4.18 Å². The van der Waals surface area contributed by atoms with Crippen LogP contribution in [0.3, 0.4) is 0 Å². The number of amides is 4. The van der Waals surface area contributed by atoms with Gasteiger partial charge in [0.05, 0.1) is 48.7 Å². The molecule has 1 aromatic carbocycles. The Kier molecular flexibility index (Phi) is 19.2. The third-order valence-corrected chi connectivity index (χ3v) is 11.4. The van der Waals surface area contributed by atoms with Crippen molar-refractivity contribution in [3.05, 3.63) is 35.9 Å². The van der Waals surface area contributed by atoms with Crippen LogP contribution in [0.4, 0.5) is 0 Å². The molecule has 4 amide bonds. The van der Waals surface area contributed by atoms with Gasteiger partial charge in [0.1, 0.15) is 12.1 Å². The smallest absolute Gasteiger partial charge is 0.379 e. The predicted octanol–water partition coefficient (Wildman–Crippen LogP) is 3.36. The molecule has 0 spiro atoms. The summed E-state index contributed by atoms with van der Waals surface area (Å²) in [6.45, 7) is 15.3. The van der Waals surface area contributed by atoms with Crippen molar-refractivity contribution in [3.8, 4) is 0 Å². The number of carbonyl (C=O) groups excluding carboxylic acids is 4. The van der Waals surface area contributed by atoms with E-state index in [1.165, 1.54) is 14.2 Å². The number of carbonyl (C=O) groups is 4. The summed E-state index contributed by atoms with van der Waals surface area (Å²) in [5.41, 5.74) is 0.435. The van der Waals surface area contributed by atoms with Crippen LogP contribution in [0, 0.1) is 23.7 Å². The van der Waals surface area contributed by atoms with Gasteiger partial charge in [-0.15, -0.1) is 0 Å². The van der Waals surface area contributed by atoms with Crippen molar-refractivity contribution in [3.63, 3.8) is 0 Å². The average molecular weight is 798 g/mol. The summed E-state index contributed by atoms with van der Waals surface area (Å²) < 4.78 is 49.7. The van der Waals surface area contributed by atoms with E-state index in [9.17, 15) is 32.1 Å². The number of nitrogens with zero attached hydrogens (tertiary/aromatic N) is 2. The van der Waals surface area contributed by atoms with Gasteiger partial charge >= 0.3 is 10.4 Å². The minimum absolute atomic E-state index is 0.00930. The summed E-state index contributed by atoms with van der Waals surface area (Å²) >= 11 is 0. The Morgan fingerprint density at radius 3 is 2.02 bits per heavy atom. The molecule has 1 aliphatic rings. The molecular formula is C39H67N5O10S. The molecular weight excluding hydrogens is 731 g/mol. The van der Waals surface area contributed by atoms with E-state index in [0.717, 1.165) is 0 Å². The fourth-order valence-electron chi connectivity index (χ4n) is 7.68. The minimum atomic E-state index is -4.85. The summed E-state index contributed by atoms with van der Waals surface area (Å²) in [5.74, 6) is -2.23. The molecule has 1 heterocycles. The molecule has 1 fully saturated rings. The number of ether oxygens (including phenoxy) is 2. The maximum Gasteiger partial charge on any atom is 0.398 e. The van der Waals surface area contributed by atoms with Crippen molar-refractivity contribution in [2.45, 2.75) is 130 Å². The number of benzene rings is 1. The van der Waals surface area contributed by atoms with E-state index >= 15 is 0 Å². The molecule has 4 N–H and O–H groups in total. The second-order valence-electron chi connectivity index (χ2n) is 15.5. The third kappa shape index (κ3) is 13.2. The lowest BCUT2D eigenvalue weighted by molar-refractivity contribution is -0.148. The summed E-state index contributed by atoms with van der Waals surface area (Å²) in [7, 11) is 1.56. The van der Waals surface area contributed by atoms with Crippen molar-refractivity contribution >= 4 is 34.0 Å². The maximum atomic E-state index is 14.2. The first kappa shape index (κ1) is 48.0. The summed E-state index contributed by atoms with van der Waals surface area (Å²) in [6.07, 6.45) is -0.660. The molecule has 0 aliphatic carbocycles. The standard InChI is InChI=1S/C39H67N5O10S/c1-13-25(6)34(43(10)39(48)33(24(4)5)42-38(47)32(40-9)23(2)3)30(52-11)22-31(45)44-21-17-20-29(44)35(53-12)26(7)37(46)41-27(8)36(54-55(49,50)51)28-18-15-14-16-19-28/h14-16,18-19,23-27,29-30,32-36,40H,13,17,20-22H2,1-12H3,(H,41,46)(H,42,47)(H,49,50,51)/t25-,26+,27+,29-,30+,32-,33-,34-,35+,36+/m0/s1. The van der Waals surface area contributed by atoms with E-state index in [0.29, 0.717) is 31.4 Å². The topological polar surface area (TPSA) is 193 Å². The second kappa shape index (κ2) is 22.0. The zero-order valence-corrected chi connectivity index (χ0v) is 35.6. The molecule has 15 nitrogen and oxygen atoms in total. The molecule has 1 aromatic rings. The summed E-state index contributed by atoms with van der Waals surface area (Å²) in [4.78, 5) is 58.5. The first-order valence-electron chi connectivity index (χ1n) is 19.3. The largest absolute Gasteiger partial charge is 0.398 e. The fraction of sp³-hybridized carbons (Fsp3) is 0.744.